The van der Waals surface area contributed by atoms with Crippen LogP contribution in [0.2, 0.25) is 5.02 Å². The highest BCUT2D eigenvalue weighted by atomic mass is 79.9. The number of hydrogen-bond donors (Lipinski definition) is 1. The molecule has 88 valence electrons. The topological polar surface area (TPSA) is 42.4 Å². The van der Waals surface area contributed by atoms with Gasteiger partial charge in [0.05, 0.1) is 11.2 Å². The summed E-state index contributed by atoms with van der Waals surface area (Å²) in [7, 11) is 0. The van der Waals surface area contributed by atoms with Crippen LogP contribution in [0.4, 0.5) is 0 Å². The molecule has 0 aliphatic carbocycles. The molecule has 17 heavy (non-hydrogen) atoms. The van der Waals surface area contributed by atoms with Gasteiger partial charge in [-0.1, -0.05) is 11.6 Å². The van der Waals surface area contributed by atoms with E-state index in [-0.39, 0.29) is 5.75 Å². The zero-order valence-corrected chi connectivity index (χ0v) is 11.3. The third kappa shape index (κ3) is 2.90. The number of rotatable bonds is 2. The average Bonchev–Trinajstić information content (AvgIpc) is 2.29. The monoisotopic (exact) mass is 313 g/mol. The Morgan fingerprint density at radius 3 is 2.76 bits per heavy atom. The van der Waals surface area contributed by atoms with Crippen molar-refractivity contribution in [1.29, 1.82) is 0 Å². The molecule has 0 amide bonds. The Hall–Kier alpha value is -1.26. The number of aromatic nitrogens is 1. The highest BCUT2D eigenvalue weighted by Crippen LogP contribution is 2.32. The second-order valence-electron chi connectivity index (χ2n) is 3.49. The van der Waals surface area contributed by atoms with Crippen molar-refractivity contribution in [2.75, 3.05) is 0 Å². The van der Waals surface area contributed by atoms with E-state index in [2.05, 4.69) is 20.9 Å². The lowest BCUT2D eigenvalue weighted by atomic mass is 10.2. The smallest absolute Gasteiger partial charge is 0.219 e. The van der Waals surface area contributed by atoms with Crippen LogP contribution < -0.4 is 4.74 Å². The maximum atomic E-state index is 9.11. The second kappa shape index (κ2) is 4.94. The summed E-state index contributed by atoms with van der Waals surface area (Å²) in [5, 5.41) is 9.69. The molecule has 0 bridgehead atoms. The lowest BCUT2D eigenvalue weighted by molar-refractivity contribution is 0.445. The molecule has 0 aliphatic rings. The summed E-state index contributed by atoms with van der Waals surface area (Å²) >= 11 is 9.33. The Kier molecular flexibility index (Phi) is 3.54. The summed E-state index contributed by atoms with van der Waals surface area (Å²) in [4.78, 5) is 3.94. The first-order valence-corrected chi connectivity index (χ1v) is 6.02. The summed E-state index contributed by atoms with van der Waals surface area (Å²) in [6.07, 6.45) is 1.32. The van der Waals surface area contributed by atoms with Gasteiger partial charge >= 0.3 is 0 Å². The number of pyridine rings is 1. The molecule has 2 aromatic rings. The van der Waals surface area contributed by atoms with E-state index >= 15 is 0 Å². The van der Waals surface area contributed by atoms with E-state index in [0.29, 0.717) is 16.7 Å². The van der Waals surface area contributed by atoms with Gasteiger partial charge in [-0.2, -0.15) is 0 Å². The number of aryl methyl sites for hydroxylation is 1. The summed E-state index contributed by atoms with van der Waals surface area (Å²) < 4.78 is 6.39. The lowest BCUT2D eigenvalue weighted by Crippen LogP contribution is -1.90. The molecule has 1 heterocycles. The minimum absolute atomic E-state index is 0.0999. The number of halogens is 2. The molecule has 0 fully saturated rings. The number of nitrogens with zero attached hydrogens (tertiary/aromatic N) is 1. The summed E-state index contributed by atoms with van der Waals surface area (Å²) in [5.74, 6) is 1.14. The van der Waals surface area contributed by atoms with Crippen molar-refractivity contribution in [2.24, 2.45) is 0 Å². The number of hydrogen-bond acceptors (Lipinski definition) is 3. The molecule has 0 aliphatic heterocycles. The van der Waals surface area contributed by atoms with Gasteiger partial charge in [-0.15, -0.1) is 0 Å². The molecule has 5 heteroatoms. The van der Waals surface area contributed by atoms with E-state index in [1.165, 1.54) is 12.3 Å². The van der Waals surface area contributed by atoms with Crippen LogP contribution in [-0.4, -0.2) is 10.1 Å². The van der Waals surface area contributed by atoms with Crippen LogP contribution in [0.15, 0.2) is 34.9 Å². The Bertz CT molecular complexity index is 543. The molecule has 0 saturated heterocycles. The maximum absolute atomic E-state index is 9.11. The van der Waals surface area contributed by atoms with Crippen molar-refractivity contribution < 1.29 is 9.84 Å². The van der Waals surface area contributed by atoms with Crippen molar-refractivity contribution in [1.82, 2.24) is 4.98 Å². The van der Waals surface area contributed by atoms with Gasteiger partial charge in [-0.05, 0) is 40.5 Å². The Morgan fingerprint density at radius 1 is 1.35 bits per heavy atom. The van der Waals surface area contributed by atoms with Gasteiger partial charge in [0.15, 0.2) is 0 Å². The van der Waals surface area contributed by atoms with Gasteiger partial charge in [0, 0.05) is 16.6 Å². The fourth-order valence-corrected chi connectivity index (χ4v) is 1.90. The van der Waals surface area contributed by atoms with E-state index in [0.717, 1.165) is 10.0 Å². The second-order valence-corrected chi connectivity index (χ2v) is 4.75. The quantitative estimate of drug-likeness (QED) is 0.898. The molecule has 0 atom stereocenters. The third-order valence-electron chi connectivity index (χ3n) is 2.15. The molecule has 2 rings (SSSR count). The molecule has 3 nitrogen and oxygen atoms in total. The van der Waals surface area contributed by atoms with E-state index in [1.54, 1.807) is 12.1 Å². The normalized spacial score (nSPS) is 10.3. The van der Waals surface area contributed by atoms with Crippen LogP contribution in [-0.2, 0) is 0 Å². The maximum Gasteiger partial charge on any atom is 0.219 e. The van der Waals surface area contributed by atoms with Gasteiger partial charge in [-0.3, -0.25) is 0 Å². The van der Waals surface area contributed by atoms with Crippen molar-refractivity contribution in [3.63, 3.8) is 0 Å². The summed E-state index contributed by atoms with van der Waals surface area (Å²) in [6.45, 7) is 1.91. The average molecular weight is 315 g/mol. The SMILES string of the molecule is Cc1cc(Br)c(Cl)cc1Oc1ccc(O)cn1. The van der Waals surface area contributed by atoms with Gasteiger partial charge in [0.1, 0.15) is 11.5 Å². The summed E-state index contributed by atoms with van der Waals surface area (Å²) in [5.41, 5.74) is 0.941. The first kappa shape index (κ1) is 12.2. The molecular formula is C12H9BrClNO2. The van der Waals surface area contributed by atoms with Crippen LogP contribution in [0.1, 0.15) is 5.56 Å². The first-order valence-electron chi connectivity index (χ1n) is 4.85. The Balaban J connectivity index is 2.30. The van der Waals surface area contributed by atoms with Crippen LogP contribution in [0.3, 0.4) is 0 Å². The molecule has 0 unspecified atom stereocenters. The molecule has 0 saturated carbocycles. The van der Waals surface area contributed by atoms with E-state index in [9.17, 15) is 0 Å². The standard InChI is InChI=1S/C12H9BrClNO2/c1-7-4-9(13)10(14)5-11(7)17-12-3-2-8(16)6-15-12/h2-6,16H,1H3. The van der Waals surface area contributed by atoms with Crippen LogP contribution in [0.25, 0.3) is 0 Å². The summed E-state index contributed by atoms with van der Waals surface area (Å²) in [6, 6.07) is 6.69. The minimum atomic E-state index is 0.0999. The molecule has 0 spiro atoms. The number of benzene rings is 1. The van der Waals surface area contributed by atoms with Gasteiger partial charge in [-0.25, -0.2) is 4.98 Å². The molecule has 1 aromatic heterocycles. The molecular weight excluding hydrogens is 305 g/mol. The fraction of sp³-hybridized carbons (Fsp3) is 0.0833. The van der Waals surface area contributed by atoms with Crippen molar-refractivity contribution in [3.05, 3.63) is 45.5 Å². The predicted molar refractivity (Wildman–Crippen MR) is 69.9 cm³/mol. The van der Waals surface area contributed by atoms with Gasteiger partial charge < -0.3 is 9.84 Å². The van der Waals surface area contributed by atoms with E-state index in [1.807, 2.05) is 13.0 Å². The van der Waals surface area contributed by atoms with E-state index < -0.39 is 0 Å². The number of aromatic hydroxyl groups is 1. The van der Waals surface area contributed by atoms with Crippen molar-refractivity contribution >= 4 is 27.5 Å². The highest BCUT2D eigenvalue weighted by Gasteiger charge is 2.06. The molecule has 1 aromatic carbocycles. The highest BCUT2D eigenvalue weighted by molar-refractivity contribution is 9.10. The minimum Gasteiger partial charge on any atom is -0.506 e. The van der Waals surface area contributed by atoms with Crippen molar-refractivity contribution in [2.45, 2.75) is 6.92 Å². The zero-order valence-electron chi connectivity index (χ0n) is 8.95. The Morgan fingerprint density at radius 2 is 2.12 bits per heavy atom. The zero-order chi connectivity index (χ0) is 12.4. The van der Waals surface area contributed by atoms with Crippen LogP contribution in [0.5, 0.6) is 17.4 Å². The largest absolute Gasteiger partial charge is 0.506 e. The predicted octanol–water partition coefficient (Wildman–Crippen LogP) is 4.30. The first-order chi connectivity index (χ1) is 8.06. The fourth-order valence-electron chi connectivity index (χ4n) is 1.28. The van der Waals surface area contributed by atoms with Crippen molar-refractivity contribution in [3.8, 4) is 17.4 Å². The molecule has 1 N–H and O–H groups in total. The Labute approximate surface area is 112 Å². The number of ether oxygens (including phenoxy) is 1. The third-order valence-corrected chi connectivity index (χ3v) is 3.35. The van der Waals surface area contributed by atoms with E-state index in [4.69, 9.17) is 21.4 Å². The van der Waals surface area contributed by atoms with Crippen LogP contribution >= 0.6 is 27.5 Å². The lowest BCUT2D eigenvalue weighted by Gasteiger charge is -2.09. The van der Waals surface area contributed by atoms with Crippen LogP contribution in [0, 0.1) is 6.92 Å². The van der Waals surface area contributed by atoms with Gasteiger partial charge in [0.25, 0.3) is 0 Å². The molecule has 0 radical (unpaired) electrons. The van der Waals surface area contributed by atoms with Gasteiger partial charge in [0.2, 0.25) is 5.88 Å².